The molecule has 6 heteroatoms. The average Bonchev–Trinajstić information content (AvgIpc) is 3.21. The van der Waals surface area contributed by atoms with E-state index in [4.69, 9.17) is 5.11 Å². The van der Waals surface area contributed by atoms with Gasteiger partial charge in [-0.15, -0.1) is 0 Å². The quantitative estimate of drug-likeness (QED) is 0.264. The van der Waals surface area contributed by atoms with Crippen molar-refractivity contribution in [2.75, 3.05) is 0 Å². The first-order valence-electron chi connectivity index (χ1n) is 10.8. The molecule has 1 aromatic heterocycles. The maximum absolute atomic E-state index is 14.3. The van der Waals surface area contributed by atoms with Crippen LogP contribution >= 0.6 is 0 Å². The van der Waals surface area contributed by atoms with Crippen molar-refractivity contribution in [3.63, 3.8) is 0 Å². The molecule has 4 aromatic rings. The summed E-state index contributed by atoms with van der Waals surface area (Å²) in [6, 6.07) is 21.0. The Kier molecular flexibility index (Phi) is 6.37. The number of aromatic nitrogens is 2. The van der Waals surface area contributed by atoms with E-state index >= 15 is 0 Å². The van der Waals surface area contributed by atoms with Gasteiger partial charge in [0.25, 0.3) is 0 Å². The summed E-state index contributed by atoms with van der Waals surface area (Å²) in [5.41, 5.74) is 7.16. The van der Waals surface area contributed by atoms with E-state index in [1.807, 2.05) is 62.4 Å². The maximum Gasteiger partial charge on any atom is 0.328 e. The van der Waals surface area contributed by atoms with Gasteiger partial charge in [0, 0.05) is 6.08 Å². The highest BCUT2D eigenvalue weighted by atomic mass is 19.1. The monoisotopic (exact) mass is 451 g/mol. The van der Waals surface area contributed by atoms with Crippen LogP contribution in [-0.4, -0.2) is 21.3 Å². The van der Waals surface area contributed by atoms with Crippen molar-refractivity contribution in [2.24, 2.45) is 0 Å². The van der Waals surface area contributed by atoms with Crippen molar-refractivity contribution >= 4 is 34.1 Å². The van der Waals surface area contributed by atoms with Crippen molar-refractivity contribution < 1.29 is 14.3 Å². The number of aliphatic carboxylic acids is 1. The lowest BCUT2D eigenvalue weighted by atomic mass is 9.85. The molecular formula is C28H22FN3O2. The summed E-state index contributed by atoms with van der Waals surface area (Å²) in [6.45, 7) is 3.97. The minimum absolute atomic E-state index is 0.385. The summed E-state index contributed by atoms with van der Waals surface area (Å²) >= 11 is 0. The van der Waals surface area contributed by atoms with Crippen LogP contribution in [0, 0.1) is 24.2 Å². The van der Waals surface area contributed by atoms with E-state index < -0.39 is 11.9 Å². The van der Waals surface area contributed by atoms with Crippen molar-refractivity contribution in [2.45, 2.75) is 20.3 Å². The summed E-state index contributed by atoms with van der Waals surface area (Å²) in [5.74, 6) is -1.52. The Morgan fingerprint density at radius 3 is 2.53 bits per heavy atom. The summed E-state index contributed by atoms with van der Waals surface area (Å²) < 4.78 is 14.3. The van der Waals surface area contributed by atoms with Crippen molar-refractivity contribution in [3.05, 3.63) is 106 Å². The number of carboxylic acid groups (broad SMARTS) is 1. The summed E-state index contributed by atoms with van der Waals surface area (Å²) in [6.07, 6.45) is 3.25. The molecular weight excluding hydrogens is 429 g/mol. The third kappa shape index (κ3) is 4.50. The Morgan fingerprint density at radius 1 is 1.12 bits per heavy atom. The number of aromatic amines is 1. The number of H-pyrrole nitrogens is 1. The average molecular weight is 452 g/mol. The number of halogens is 1. The van der Waals surface area contributed by atoms with Crippen LogP contribution in [0.15, 0.2) is 66.7 Å². The van der Waals surface area contributed by atoms with E-state index in [-0.39, 0.29) is 0 Å². The topological polar surface area (TPSA) is 89.8 Å². The number of hydrogen-bond donors (Lipinski definition) is 2. The zero-order valence-corrected chi connectivity index (χ0v) is 18.8. The van der Waals surface area contributed by atoms with E-state index in [0.29, 0.717) is 22.9 Å². The van der Waals surface area contributed by atoms with Gasteiger partial charge in [-0.25, -0.2) is 4.79 Å². The molecule has 0 aliphatic heterocycles. The lowest BCUT2D eigenvalue weighted by Gasteiger charge is -2.18. The second-order valence-electron chi connectivity index (χ2n) is 7.93. The minimum atomic E-state index is -1.02. The molecule has 1 heterocycles. The number of carboxylic acids is 1. The van der Waals surface area contributed by atoms with Crippen LogP contribution in [0.1, 0.15) is 46.7 Å². The van der Waals surface area contributed by atoms with Crippen LogP contribution in [0.4, 0.5) is 4.39 Å². The van der Waals surface area contributed by atoms with Gasteiger partial charge in [0.15, 0.2) is 0 Å². The lowest BCUT2D eigenvalue weighted by molar-refractivity contribution is -0.131. The molecule has 0 spiro atoms. The number of aryl methyl sites for hydroxylation is 1. The number of fused-ring (bicyclic) bond motifs is 1. The number of nitrogens with zero attached hydrogens (tertiary/aromatic N) is 2. The Morgan fingerprint density at radius 2 is 1.85 bits per heavy atom. The van der Waals surface area contributed by atoms with Crippen molar-refractivity contribution in [1.82, 2.24) is 10.2 Å². The molecule has 4 rings (SSSR count). The number of hydrogen-bond acceptors (Lipinski definition) is 3. The number of rotatable bonds is 6. The molecule has 0 atom stereocenters. The van der Waals surface area contributed by atoms with Crippen molar-refractivity contribution in [3.8, 4) is 6.07 Å². The Balaban J connectivity index is 1.98. The van der Waals surface area contributed by atoms with Gasteiger partial charge in [-0.05, 0) is 76.6 Å². The van der Waals surface area contributed by atoms with Gasteiger partial charge >= 0.3 is 5.97 Å². The third-order valence-electron chi connectivity index (χ3n) is 5.69. The van der Waals surface area contributed by atoms with Crippen LogP contribution in [0.3, 0.4) is 0 Å². The van der Waals surface area contributed by atoms with Gasteiger partial charge in [-0.1, -0.05) is 49.4 Å². The van der Waals surface area contributed by atoms with Gasteiger partial charge in [-0.2, -0.15) is 14.8 Å². The van der Waals surface area contributed by atoms with E-state index in [2.05, 4.69) is 16.3 Å². The van der Waals surface area contributed by atoms with Gasteiger partial charge in [0.1, 0.15) is 0 Å². The summed E-state index contributed by atoms with van der Waals surface area (Å²) in [7, 11) is 0. The highest BCUT2D eigenvalue weighted by molar-refractivity contribution is 6.01. The van der Waals surface area contributed by atoms with Crippen LogP contribution < -0.4 is 0 Å². The summed E-state index contributed by atoms with van der Waals surface area (Å²) in [5, 5.41) is 25.5. The highest BCUT2D eigenvalue weighted by Crippen LogP contribution is 2.37. The normalized spacial score (nSPS) is 12.1. The molecule has 0 unspecified atom stereocenters. The summed E-state index contributed by atoms with van der Waals surface area (Å²) in [4.78, 5) is 10.9. The lowest BCUT2D eigenvalue weighted by Crippen LogP contribution is -1.98. The first-order chi connectivity index (χ1) is 16.4. The van der Waals surface area contributed by atoms with Crippen LogP contribution in [-0.2, 0) is 4.79 Å². The smallest absolute Gasteiger partial charge is 0.328 e. The molecule has 0 radical (unpaired) electrons. The van der Waals surface area contributed by atoms with E-state index in [0.717, 1.165) is 45.0 Å². The predicted octanol–water partition coefficient (Wildman–Crippen LogP) is 6.35. The minimum Gasteiger partial charge on any atom is -0.478 e. The fourth-order valence-electron chi connectivity index (χ4n) is 4.09. The highest BCUT2D eigenvalue weighted by Gasteiger charge is 2.17. The molecule has 0 amide bonds. The number of nitrogens with one attached hydrogen (secondary N) is 1. The molecule has 0 fully saturated rings. The third-order valence-corrected chi connectivity index (χ3v) is 5.69. The van der Waals surface area contributed by atoms with Crippen LogP contribution in [0.25, 0.3) is 28.1 Å². The van der Waals surface area contributed by atoms with E-state index in [1.54, 1.807) is 12.1 Å². The fourth-order valence-corrected chi connectivity index (χ4v) is 4.09. The largest absolute Gasteiger partial charge is 0.478 e. The first kappa shape index (κ1) is 22.7. The molecule has 0 saturated heterocycles. The van der Waals surface area contributed by atoms with Gasteiger partial charge in [0.2, 0.25) is 5.95 Å². The zero-order chi connectivity index (χ0) is 24.2. The SMILES string of the molecule is CC/C(=C(/c1ccc(/C=C/C(=O)O)cc1)c1ccc2n[nH]c(F)c2c1)c1ccc(C)cc1C#N. The molecule has 34 heavy (non-hydrogen) atoms. The molecule has 5 nitrogen and oxygen atoms in total. The molecule has 0 saturated carbocycles. The van der Waals surface area contributed by atoms with E-state index in [1.165, 1.54) is 6.08 Å². The molecule has 0 aliphatic carbocycles. The van der Waals surface area contributed by atoms with Crippen LogP contribution in [0.5, 0.6) is 0 Å². The zero-order valence-electron chi connectivity index (χ0n) is 18.8. The molecule has 3 aromatic carbocycles. The predicted molar refractivity (Wildman–Crippen MR) is 131 cm³/mol. The second kappa shape index (κ2) is 9.55. The van der Waals surface area contributed by atoms with Gasteiger partial charge in [0.05, 0.1) is 22.5 Å². The van der Waals surface area contributed by atoms with Gasteiger partial charge < -0.3 is 5.11 Å². The number of nitriles is 1. The Bertz CT molecular complexity index is 1490. The van der Waals surface area contributed by atoms with Gasteiger partial charge in [-0.3, -0.25) is 5.10 Å². The maximum atomic E-state index is 14.3. The van der Waals surface area contributed by atoms with Crippen molar-refractivity contribution in [1.29, 1.82) is 5.26 Å². The standard InChI is InChI=1S/C28H22FN3O2/c1-3-22(23-11-4-17(2)14-21(23)16-30)27(19-8-5-18(6-9-19)7-13-26(33)34)20-10-12-25-24(15-20)28(29)32-31-25/h4-15H,3H2,1-2H3,(H,31,32)(H,33,34)/b13-7+,27-22+. The van der Waals surface area contributed by atoms with E-state index in [9.17, 15) is 14.4 Å². The number of allylic oxidation sites excluding steroid dienone is 1. The Labute approximate surface area is 196 Å². The van der Waals surface area contributed by atoms with Crippen LogP contribution in [0.2, 0.25) is 0 Å². The molecule has 0 aliphatic rings. The number of benzene rings is 3. The Hall–Kier alpha value is -4.50. The molecule has 168 valence electrons. The molecule has 0 bridgehead atoms. The molecule has 2 N–H and O–H groups in total. The fraction of sp³-hybridized carbons (Fsp3) is 0.107. The first-order valence-corrected chi connectivity index (χ1v) is 10.8. The number of carbonyl (C=O) groups is 1. The second-order valence-corrected chi connectivity index (χ2v) is 7.93.